The first-order valence-electron chi connectivity index (χ1n) is 7.84. The van der Waals surface area contributed by atoms with Crippen LogP contribution in [0.5, 0.6) is 0 Å². The van der Waals surface area contributed by atoms with E-state index in [1.165, 1.54) is 38.6 Å². The molecule has 1 N–H and O–H groups in total. The molecule has 0 amide bonds. The summed E-state index contributed by atoms with van der Waals surface area (Å²) in [7, 11) is 2.26. The van der Waals surface area contributed by atoms with E-state index in [4.69, 9.17) is 0 Å². The molecule has 1 heterocycles. The fourth-order valence-electron chi connectivity index (χ4n) is 3.94. The quantitative estimate of drug-likeness (QED) is 0.811. The fourth-order valence-corrected chi connectivity index (χ4v) is 3.94. The van der Waals surface area contributed by atoms with Crippen molar-refractivity contribution in [3.8, 4) is 0 Å². The van der Waals surface area contributed by atoms with Crippen LogP contribution < -0.4 is 5.32 Å². The van der Waals surface area contributed by atoms with E-state index in [9.17, 15) is 0 Å². The average Bonchev–Trinajstić information content (AvgIpc) is 2.27. The van der Waals surface area contributed by atoms with Gasteiger partial charge in [0.15, 0.2) is 0 Å². The lowest BCUT2D eigenvalue weighted by Crippen LogP contribution is -2.51. The Hall–Kier alpha value is -0.0800. The van der Waals surface area contributed by atoms with Gasteiger partial charge in [0.2, 0.25) is 0 Å². The molecule has 4 unspecified atom stereocenters. The highest BCUT2D eigenvalue weighted by Crippen LogP contribution is 2.38. The molecule has 2 aliphatic rings. The molecule has 0 spiro atoms. The standard InChI is InChI=1S/C16H32N2/c1-12-11-16(3,4)8-6-15(12)17-14-7-9-18(5)13(2)10-14/h12-15,17H,6-11H2,1-5H3. The maximum Gasteiger partial charge on any atom is 0.00967 e. The molecular weight excluding hydrogens is 220 g/mol. The molecule has 1 saturated carbocycles. The predicted octanol–water partition coefficient (Wildman–Crippen LogP) is 3.27. The molecule has 1 aliphatic carbocycles. The predicted molar refractivity (Wildman–Crippen MR) is 78.8 cm³/mol. The van der Waals surface area contributed by atoms with E-state index < -0.39 is 0 Å². The lowest BCUT2D eigenvalue weighted by Gasteiger charge is -2.43. The third-order valence-corrected chi connectivity index (χ3v) is 5.35. The van der Waals surface area contributed by atoms with E-state index in [1.54, 1.807) is 0 Å². The molecule has 18 heavy (non-hydrogen) atoms. The second-order valence-corrected chi connectivity index (χ2v) is 7.71. The first-order valence-corrected chi connectivity index (χ1v) is 7.84. The normalized spacial score (nSPS) is 41.8. The number of nitrogens with one attached hydrogen (secondary N) is 1. The van der Waals surface area contributed by atoms with E-state index in [0.29, 0.717) is 5.41 Å². The molecule has 106 valence electrons. The zero-order chi connectivity index (χ0) is 13.3. The minimum Gasteiger partial charge on any atom is -0.311 e. The number of hydrogen-bond donors (Lipinski definition) is 1. The van der Waals surface area contributed by atoms with Gasteiger partial charge in [-0.2, -0.15) is 0 Å². The Morgan fingerprint density at radius 3 is 2.50 bits per heavy atom. The van der Waals surface area contributed by atoms with Crippen LogP contribution in [0.15, 0.2) is 0 Å². The van der Waals surface area contributed by atoms with Crippen LogP contribution in [0.3, 0.4) is 0 Å². The Labute approximate surface area is 114 Å². The van der Waals surface area contributed by atoms with Gasteiger partial charge in [-0.1, -0.05) is 20.8 Å². The molecule has 0 aromatic rings. The van der Waals surface area contributed by atoms with Crippen molar-refractivity contribution in [1.82, 2.24) is 10.2 Å². The lowest BCUT2D eigenvalue weighted by atomic mass is 9.70. The van der Waals surface area contributed by atoms with Crippen LogP contribution >= 0.6 is 0 Å². The van der Waals surface area contributed by atoms with Crippen LogP contribution in [0.2, 0.25) is 0 Å². The summed E-state index contributed by atoms with van der Waals surface area (Å²) in [6.07, 6.45) is 6.79. The van der Waals surface area contributed by atoms with Gasteiger partial charge in [-0.3, -0.25) is 0 Å². The minimum absolute atomic E-state index is 0.567. The maximum atomic E-state index is 3.97. The summed E-state index contributed by atoms with van der Waals surface area (Å²) in [4.78, 5) is 2.49. The largest absolute Gasteiger partial charge is 0.311 e. The summed E-state index contributed by atoms with van der Waals surface area (Å²) in [6, 6.07) is 2.26. The van der Waals surface area contributed by atoms with Crippen molar-refractivity contribution in [2.45, 2.75) is 77.9 Å². The van der Waals surface area contributed by atoms with Gasteiger partial charge in [-0.05, 0) is 64.0 Å². The highest BCUT2D eigenvalue weighted by Gasteiger charge is 2.34. The molecule has 2 fully saturated rings. The molecular formula is C16H32N2. The zero-order valence-electron chi connectivity index (χ0n) is 13.0. The van der Waals surface area contributed by atoms with Crippen LogP contribution in [0.25, 0.3) is 0 Å². The van der Waals surface area contributed by atoms with E-state index in [-0.39, 0.29) is 0 Å². The Morgan fingerprint density at radius 1 is 1.17 bits per heavy atom. The highest BCUT2D eigenvalue weighted by molar-refractivity contribution is 4.90. The Balaban J connectivity index is 1.83. The van der Waals surface area contributed by atoms with Gasteiger partial charge in [0.25, 0.3) is 0 Å². The van der Waals surface area contributed by atoms with Gasteiger partial charge in [-0.15, -0.1) is 0 Å². The van der Waals surface area contributed by atoms with Gasteiger partial charge in [0.1, 0.15) is 0 Å². The zero-order valence-corrected chi connectivity index (χ0v) is 13.0. The van der Waals surface area contributed by atoms with Crippen LogP contribution in [0.4, 0.5) is 0 Å². The Kier molecular flexibility index (Phi) is 4.38. The van der Waals surface area contributed by atoms with E-state index in [2.05, 4.69) is 45.0 Å². The number of likely N-dealkylation sites (tertiary alicyclic amines) is 1. The van der Waals surface area contributed by atoms with E-state index in [1.807, 2.05) is 0 Å². The Morgan fingerprint density at radius 2 is 1.89 bits per heavy atom. The van der Waals surface area contributed by atoms with Crippen LogP contribution in [-0.4, -0.2) is 36.6 Å². The van der Waals surface area contributed by atoms with Crippen molar-refractivity contribution in [2.75, 3.05) is 13.6 Å². The molecule has 0 radical (unpaired) electrons. The molecule has 2 heteroatoms. The maximum absolute atomic E-state index is 3.97. The topological polar surface area (TPSA) is 15.3 Å². The molecule has 2 rings (SSSR count). The van der Waals surface area contributed by atoms with Gasteiger partial charge in [0.05, 0.1) is 0 Å². The van der Waals surface area contributed by atoms with E-state index in [0.717, 1.165) is 24.0 Å². The molecule has 2 nitrogen and oxygen atoms in total. The first-order chi connectivity index (χ1) is 8.37. The van der Waals surface area contributed by atoms with Crippen molar-refractivity contribution < 1.29 is 0 Å². The van der Waals surface area contributed by atoms with Crippen molar-refractivity contribution in [1.29, 1.82) is 0 Å². The number of piperidine rings is 1. The van der Waals surface area contributed by atoms with Crippen molar-refractivity contribution in [3.05, 3.63) is 0 Å². The first kappa shape index (κ1) is 14.3. The minimum atomic E-state index is 0.567. The van der Waals surface area contributed by atoms with Crippen LogP contribution in [0, 0.1) is 11.3 Å². The number of nitrogens with zero attached hydrogens (tertiary/aromatic N) is 1. The van der Waals surface area contributed by atoms with Crippen LogP contribution in [-0.2, 0) is 0 Å². The molecule has 0 aromatic heterocycles. The van der Waals surface area contributed by atoms with Gasteiger partial charge in [0, 0.05) is 18.1 Å². The second-order valence-electron chi connectivity index (χ2n) is 7.71. The van der Waals surface area contributed by atoms with Gasteiger partial charge < -0.3 is 10.2 Å². The van der Waals surface area contributed by atoms with Gasteiger partial charge >= 0.3 is 0 Å². The fraction of sp³-hybridized carbons (Fsp3) is 1.00. The molecule has 0 aromatic carbocycles. The van der Waals surface area contributed by atoms with Crippen LogP contribution in [0.1, 0.15) is 59.8 Å². The second kappa shape index (κ2) is 5.50. The Bertz CT molecular complexity index is 274. The van der Waals surface area contributed by atoms with Crippen molar-refractivity contribution in [2.24, 2.45) is 11.3 Å². The third-order valence-electron chi connectivity index (χ3n) is 5.35. The summed E-state index contributed by atoms with van der Waals surface area (Å²) in [6.45, 7) is 10.9. The van der Waals surface area contributed by atoms with Crippen molar-refractivity contribution >= 4 is 0 Å². The summed E-state index contributed by atoms with van der Waals surface area (Å²) >= 11 is 0. The van der Waals surface area contributed by atoms with E-state index >= 15 is 0 Å². The molecule has 1 saturated heterocycles. The monoisotopic (exact) mass is 252 g/mol. The molecule has 4 atom stereocenters. The number of hydrogen-bond acceptors (Lipinski definition) is 2. The SMILES string of the molecule is CC1CC(C)(C)CCC1NC1CCN(C)C(C)C1. The average molecular weight is 252 g/mol. The summed E-state index contributed by atoms with van der Waals surface area (Å²) in [5, 5.41) is 3.97. The molecule has 1 aliphatic heterocycles. The highest BCUT2D eigenvalue weighted by atomic mass is 15.1. The van der Waals surface area contributed by atoms with Gasteiger partial charge in [-0.25, -0.2) is 0 Å². The third kappa shape index (κ3) is 3.48. The smallest absolute Gasteiger partial charge is 0.00967 e. The molecule has 0 bridgehead atoms. The summed E-state index contributed by atoms with van der Waals surface area (Å²) in [5.74, 6) is 0.837. The lowest BCUT2D eigenvalue weighted by molar-refractivity contribution is 0.114. The van der Waals surface area contributed by atoms with Crippen molar-refractivity contribution in [3.63, 3.8) is 0 Å². The summed E-state index contributed by atoms with van der Waals surface area (Å²) < 4.78 is 0. The number of rotatable bonds is 2. The summed E-state index contributed by atoms with van der Waals surface area (Å²) in [5.41, 5.74) is 0.567.